The van der Waals surface area contributed by atoms with Gasteiger partial charge in [-0.2, -0.15) is 0 Å². The second-order valence-corrected chi connectivity index (χ2v) is 5.64. The molecule has 0 bridgehead atoms. The molecule has 0 spiro atoms. The molecule has 0 atom stereocenters. The zero-order valence-corrected chi connectivity index (χ0v) is 13.7. The second kappa shape index (κ2) is 6.26. The highest BCUT2D eigenvalue weighted by atomic mass is 79.9. The number of halogens is 1. The molecule has 3 aromatic rings. The zero-order valence-electron chi connectivity index (χ0n) is 12.1. The summed E-state index contributed by atoms with van der Waals surface area (Å²) in [7, 11) is 1.53. The van der Waals surface area contributed by atoms with Gasteiger partial charge < -0.3 is 14.5 Å². The van der Waals surface area contributed by atoms with Crippen molar-refractivity contribution < 1.29 is 13.9 Å². The fraction of sp³-hybridized carbons (Fsp3) is 0.0588. The lowest BCUT2D eigenvalue weighted by molar-refractivity contribution is 0.102. The number of rotatable bonds is 3. The number of anilines is 1. The van der Waals surface area contributed by atoms with Gasteiger partial charge in [-0.3, -0.25) is 4.79 Å². The van der Waals surface area contributed by atoms with Gasteiger partial charge in [0.1, 0.15) is 16.9 Å². The number of hydrogen-bond donors (Lipinski definition) is 1. The molecule has 1 heterocycles. The van der Waals surface area contributed by atoms with E-state index in [0.29, 0.717) is 22.4 Å². The molecule has 1 amide bonds. The minimum Gasteiger partial charge on any atom is -0.497 e. The molecule has 0 unspecified atom stereocenters. The molecule has 1 aromatic heterocycles. The molecule has 0 saturated heterocycles. The van der Waals surface area contributed by atoms with Crippen LogP contribution in [0, 0.1) is 0 Å². The molecule has 116 valence electrons. The molecule has 5 nitrogen and oxygen atoms in total. The predicted octanol–water partition coefficient (Wildman–Crippen LogP) is 3.82. The van der Waals surface area contributed by atoms with Crippen molar-refractivity contribution in [1.82, 2.24) is 0 Å². The van der Waals surface area contributed by atoms with Crippen molar-refractivity contribution in [3.63, 3.8) is 0 Å². The topological polar surface area (TPSA) is 68.5 Å². The van der Waals surface area contributed by atoms with Crippen LogP contribution >= 0.6 is 15.9 Å². The van der Waals surface area contributed by atoms with Gasteiger partial charge >= 0.3 is 5.63 Å². The van der Waals surface area contributed by atoms with Gasteiger partial charge in [0, 0.05) is 15.9 Å². The summed E-state index contributed by atoms with van der Waals surface area (Å²) in [4.78, 5) is 24.4. The van der Waals surface area contributed by atoms with Crippen LogP contribution in [0.1, 0.15) is 10.4 Å². The van der Waals surface area contributed by atoms with Crippen LogP contribution in [-0.4, -0.2) is 13.0 Å². The van der Waals surface area contributed by atoms with Gasteiger partial charge in [0.05, 0.1) is 12.8 Å². The van der Waals surface area contributed by atoms with Crippen molar-refractivity contribution in [1.29, 1.82) is 0 Å². The highest BCUT2D eigenvalue weighted by Crippen LogP contribution is 2.23. The minimum absolute atomic E-state index is 0.0570. The van der Waals surface area contributed by atoms with Crippen LogP contribution in [0.5, 0.6) is 5.75 Å². The Morgan fingerprint density at radius 2 is 1.96 bits per heavy atom. The van der Waals surface area contributed by atoms with Gasteiger partial charge in [-0.15, -0.1) is 0 Å². The third-order valence-electron chi connectivity index (χ3n) is 3.31. The Balaban J connectivity index is 1.99. The summed E-state index contributed by atoms with van der Waals surface area (Å²) < 4.78 is 11.0. The van der Waals surface area contributed by atoms with Crippen molar-refractivity contribution in [2.75, 3.05) is 12.4 Å². The Morgan fingerprint density at radius 3 is 2.70 bits per heavy atom. The van der Waals surface area contributed by atoms with Crippen LogP contribution in [-0.2, 0) is 0 Å². The Bertz CT molecular complexity index is 949. The average molecular weight is 374 g/mol. The maximum atomic E-state index is 12.3. The summed E-state index contributed by atoms with van der Waals surface area (Å²) in [5.74, 6) is 0.0504. The maximum Gasteiger partial charge on any atom is 0.349 e. The van der Waals surface area contributed by atoms with Crippen molar-refractivity contribution in [3.05, 3.63) is 69.0 Å². The van der Waals surface area contributed by atoms with Crippen LogP contribution in [0.3, 0.4) is 0 Å². The molecule has 0 aliphatic heterocycles. The summed E-state index contributed by atoms with van der Waals surface area (Å²) in [6, 6.07) is 13.7. The highest BCUT2D eigenvalue weighted by molar-refractivity contribution is 9.10. The van der Waals surface area contributed by atoms with E-state index in [1.807, 2.05) is 6.07 Å². The fourth-order valence-corrected chi connectivity index (χ4v) is 2.51. The largest absolute Gasteiger partial charge is 0.497 e. The summed E-state index contributed by atoms with van der Waals surface area (Å²) in [5.41, 5.74) is 0.187. The van der Waals surface area contributed by atoms with E-state index in [9.17, 15) is 9.59 Å². The van der Waals surface area contributed by atoms with E-state index < -0.39 is 11.5 Å². The fourth-order valence-electron chi connectivity index (χ4n) is 2.13. The van der Waals surface area contributed by atoms with Crippen LogP contribution in [0.25, 0.3) is 11.0 Å². The first-order valence-corrected chi connectivity index (χ1v) is 7.55. The Hall–Kier alpha value is -2.60. The lowest BCUT2D eigenvalue weighted by Crippen LogP contribution is -2.20. The number of methoxy groups -OCH3 is 1. The van der Waals surface area contributed by atoms with E-state index in [1.165, 1.54) is 13.2 Å². The molecule has 2 aromatic carbocycles. The molecule has 0 saturated carbocycles. The Morgan fingerprint density at radius 1 is 1.17 bits per heavy atom. The summed E-state index contributed by atoms with van der Waals surface area (Å²) in [6.07, 6.45) is 0. The first kappa shape index (κ1) is 15.3. The molecule has 1 N–H and O–H groups in total. The molecular formula is C17H12BrNO4. The predicted molar refractivity (Wildman–Crippen MR) is 91.1 cm³/mol. The SMILES string of the molecule is COc1ccc2cc(C(=O)Nc3ccccc3Br)c(=O)oc2c1. The molecule has 0 aliphatic rings. The van der Waals surface area contributed by atoms with Crippen LogP contribution in [0.15, 0.2) is 62.2 Å². The molecular weight excluding hydrogens is 362 g/mol. The standard InChI is InChI=1S/C17H12BrNO4/c1-22-11-7-6-10-8-12(17(21)23-15(10)9-11)16(20)19-14-5-3-2-4-13(14)18/h2-9H,1H3,(H,19,20). The number of nitrogens with one attached hydrogen (secondary N) is 1. The molecule has 0 radical (unpaired) electrons. The third kappa shape index (κ3) is 3.12. The third-order valence-corrected chi connectivity index (χ3v) is 4.00. The van der Waals surface area contributed by atoms with E-state index in [0.717, 1.165) is 4.47 Å². The number of para-hydroxylation sites is 1. The number of carbonyl (C=O) groups is 1. The summed E-state index contributed by atoms with van der Waals surface area (Å²) in [6.45, 7) is 0. The number of amides is 1. The van der Waals surface area contributed by atoms with Gasteiger partial charge in [0.15, 0.2) is 0 Å². The van der Waals surface area contributed by atoms with E-state index in [4.69, 9.17) is 9.15 Å². The number of carbonyl (C=O) groups excluding carboxylic acids is 1. The molecule has 6 heteroatoms. The molecule has 23 heavy (non-hydrogen) atoms. The summed E-state index contributed by atoms with van der Waals surface area (Å²) in [5, 5.41) is 3.33. The van der Waals surface area contributed by atoms with Crippen molar-refractivity contribution in [2.45, 2.75) is 0 Å². The molecule has 0 fully saturated rings. The van der Waals surface area contributed by atoms with Gasteiger partial charge in [-0.05, 0) is 46.3 Å². The van der Waals surface area contributed by atoms with Crippen molar-refractivity contribution in [3.8, 4) is 5.75 Å². The Labute approximate surface area is 140 Å². The number of ether oxygens (including phenoxy) is 1. The number of hydrogen-bond acceptors (Lipinski definition) is 4. The van der Waals surface area contributed by atoms with Crippen LogP contribution in [0.2, 0.25) is 0 Å². The average Bonchev–Trinajstić information content (AvgIpc) is 2.55. The zero-order chi connectivity index (χ0) is 16.4. The van der Waals surface area contributed by atoms with E-state index in [-0.39, 0.29) is 5.56 Å². The number of fused-ring (bicyclic) bond motifs is 1. The van der Waals surface area contributed by atoms with Gasteiger partial charge in [-0.25, -0.2) is 4.79 Å². The molecule has 3 rings (SSSR count). The van der Waals surface area contributed by atoms with Crippen molar-refractivity contribution >= 4 is 38.5 Å². The lowest BCUT2D eigenvalue weighted by atomic mass is 10.1. The lowest BCUT2D eigenvalue weighted by Gasteiger charge is -2.07. The van der Waals surface area contributed by atoms with Crippen LogP contribution < -0.4 is 15.7 Å². The van der Waals surface area contributed by atoms with Gasteiger partial charge in [0.25, 0.3) is 5.91 Å². The highest BCUT2D eigenvalue weighted by Gasteiger charge is 2.15. The summed E-state index contributed by atoms with van der Waals surface area (Å²) >= 11 is 3.34. The monoisotopic (exact) mass is 373 g/mol. The van der Waals surface area contributed by atoms with E-state index >= 15 is 0 Å². The van der Waals surface area contributed by atoms with Crippen molar-refractivity contribution in [2.24, 2.45) is 0 Å². The Kier molecular flexibility index (Phi) is 4.16. The smallest absolute Gasteiger partial charge is 0.349 e. The van der Waals surface area contributed by atoms with Gasteiger partial charge in [0.2, 0.25) is 0 Å². The normalized spacial score (nSPS) is 10.5. The first-order valence-electron chi connectivity index (χ1n) is 6.76. The minimum atomic E-state index is -0.699. The quantitative estimate of drug-likeness (QED) is 0.708. The van der Waals surface area contributed by atoms with E-state index in [1.54, 1.807) is 36.4 Å². The molecule has 0 aliphatic carbocycles. The van der Waals surface area contributed by atoms with E-state index in [2.05, 4.69) is 21.2 Å². The number of benzene rings is 2. The second-order valence-electron chi connectivity index (χ2n) is 4.79. The van der Waals surface area contributed by atoms with Crippen LogP contribution in [0.4, 0.5) is 5.69 Å². The van der Waals surface area contributed by atoms with Gasteiger partial charge in [-0.1, -0.05) is 12.1 Å². The maximum absolute atomic E-state index is 12.3. The first-order chi connectivity index (χ1) is 11.1.